The monoisotopic (exact) mass is 412 g/mol. The second-order valence-corrected chi connectivity index (χ2v) is 6.86. The third-order valence-corrected chi connectivity index (χ3v) is 4.91. The van der Waals surface area contributed by atoms with Crippen molar-refractivity contribution in [3.05, 3.63) is 35.5 Å². The smallest absolute Gasteiger partial charge is 0.418 e. The van der Waals surface area contributed by atoms with Gasteiger partial charge in [0.25, 0.3) is 0 Å². The Bertz CT molecular complexity index is 852. The Morgan fingerprint density at radius 2 is 2.07 bits per heavy atom. The van der Waals surface area contributed by atoms with Gasteiger partial charge in [0, 0.05) is 24.5 Å². The van der Waals surface area contributed by atoms with Crippen LogP contribution >= 0.6 is 0 Å². The fourth-order valence-electron chi connectivity index (χ4n) is 3.47. The Hall–Kier alpha value is -2.39. The lowest BCUT2D eigenvalue weighted by Crippen LogP contribution is -3.14. The van der Waals surface area contributed by atoms with Gasteiger partial charge in [0.2, 0.25) is 0 Å². The summed E-state index contributed by atoms with van der Waals surface area (Å²) in [5.74, 6) is -0.611. The van der Waals surface area contributed by atoms with Gasteiger partial charge >= 0.3 is 12.1 Å². The number of rotatable bonds is 7. The molecule has 1 saturated heterocycles. The largest absolute Gasteiger partial charge is 0.462 e. The number of pyridine rings is 1. The topological polar surface area (TPSA) is 64.9 Å². The zero-order chi connectivity index (χ0) is 20.9. The molecule has 1 aliphatic heterocycles. The zero-order valence-corrected chi connectivity index (χ0v) is 16.3. The van der Waals surface area contributed by atoms with E-state index in [0.717, 1.165) is 51.5 Å². The highest BCUT2D eigenvalue weighted by atomic mass is 19.4. The van der Waals surface area contributed by atoms with Crippen LogP contribution in [0.15, 0.2) is 24.4 Å². The second kappa shape index (κ2) is 9.41. The van der Waals surface area contributed by atoms with Crippen LogP contribution in [0.5, 0.6) is 0 Å². The van der Waals surface area contributed by atoms with Gasteiger partial charge in [-0.1, -0.05) is 12.1 Å². The molecule has 0 saturated carbocycles. The molecule has 2 N–H and O–H groups in total. The molecular weight excluding hydrogens is 387 g/mol. The van der Waals surface area contributed by atoms with Crippen molar-refractivity contribution in [2.45, 2.75) is 19.5 Å². The highest BCUT2D eigenvalue weighted by molar-refractivity contribution is 6.05. The number of benzene rings is 1. The average Bonchev–Trinajstić information content (AvgIpc) is 2.70. The fraction of sp³-hybridized carbons (Fsp3) is 0.500. The molecule has 1 fully saturated rings. The maximum atomic E-state index is 13.4. The van der Waals surface area contributed by atoms with E-state index in [0.29, 0.717) is 12.2 Å². The fourth-order valence-corrected chi connectivity index (χ4v) is 3.47. The van der Waals surface area contributed by atoms with Crippen LogP contribution in [0.3, 0.4) is 0 Å². The predicted molar refractivity (Wildman–Crippen MR) is 102 cm³/mol. The minimum Gasteiger partial charge on any atom is -0.462 e. The zero-order valence-electron chi connectivity index (χ0n) is 16.3. The molecule has 0 bridgehead atoms. The van der Waals surface area contributed by atoms with Crippen LogP contribution in [0, 0.1) is 0 Å². The number of para-hydroxylation sites is 1. The lowest BCUT2D eigenvalue weighted by atomic mass is 10.0. The van der Waals surface area contributed by atoms with Crippen molar-refractivity contribution in [1.82, 2.24) is 4.98 Å². The van der Waals surface area contributed by atoms with Crippen molar-refractivity contribution in [1.29, 1.82) is 0 Å². The average molecular weight is 412 g/mol. The summed E-state index contributed by atoms with van der Waals surface area (Å²) in [5.41, 5.74) is -0.547. The van der Waals surface area contributed by atoms with E-state index in [9.17, 15) is 18.0 Å². The van der Waals surface area contributed by atoms with E-state index in [1.165, 1.54) is 17.0 Å². The Morgan fingerprint density at radius 1 is 1.31 bits per heavy atom. The lowest BCUT2D eigenvalue weighted by molar-refractivity contribution is -0.908. The minimum absolute atomic E-state index is 0.136. The van der Waals surface area contributed by atoms with Crippen molar-refractivity contribution in [2.24, 2.45) is 0 Å². The van der Waals surface area contributed by atoms with Crippen LogP contribution in [0.25, 0.3) is 10.9 Å². The molecule has 9 heteroatoms. The number of halogens is 3. The number of alkyl halides is 3. The van der Waals surface area contributed by atoms with E-state index in [1.807, 2.05) is 0 Å². The standard InChI is InChI=1S/C20H24F3N3O3/c1-2-29-19(27)15-13-25-18-14(5-3-6-16(18)20(21,22)23)17(15)24-7-4-8-26-9-11-28-12-10-26/h3,5-6,13H,2,4,7-12H2,1H3,(H,24,25)/p+1. The summed E-state index contributed by atoms with van der Waals surface area (Å²) in [5, 5.41) is 3.41. The van der Waals surface area contributed by atoms with Gasteiger partial charge in [-0.15, -0.1) is 0 Å². The molecule has 0 spiro atoms. The number of aromatic nitrogens is 1. The van der Waals surface area contributed by atoms with Crippen molar-refractivity contribution in [3.8, 4) is 0 Å². The first-order valence-corrected chi connectivity index (χ1v) is 9.73. The lowest BCUT2D eigenvalue weighted by Gasteiger charge is -2.24. The number of ether oxygens (including phenoxy) is 2. The Morgan fingerprint density at radius 3 is 2.76 bits per heavy atom. The first kappa shape index (κ1) is 21.3. The maximum absolute atomic E-state index is 13.4. The van der Waals surface area contributed by atoms with Gasteiger partial charge in [-0.2, -0.15) is 13.2 Å². The highest BCUT2D eigenvalue weighted by Gasteiger charge is 2.34. The Balaban J connectivity index is 1.86. The van der Waals surface area contributed by atoms with Crippen molar-refractivity contribution >= 4 is 22.6 Å². The molecule has 1 aromatic heterocycles. The summed E-state index contributed by atoms with van der Waals surface area (Å²) in [4.78, 5) is 17.7. The number of anilines is 1. The second-order valence-electron chi connectivity index (χ2n) is 6.86. The van der Waals surface area contributed by atoms with Gasteiger partial charge in [0.1, 0.15) is 18.7 Å². The van der Waals surface area contributed by atoms with Gasteiger partial charge < -0.3 is 19.7 Å². The number of nitrogens with zero attached hydrogens (tertiary/aromatic N) is 1. The number of hydrogen-bond donors (Lipinski definition) is 2. The molecule has 0 unspecified atom stereocenters. The molecule has 0 radical (unpaired) electrons. The summed E-state index contributed by atoms with van der Waals surface area (Å²) in [6, 6.07) is 3.85. The maximum Gasteiger partial charge on any atom is 0.418 e. The van der Waals surface area contributed by atoms with E-state index in [1.54, 1.807) is 6.92 Å². The van der Waals surface area contributed by atoms with Gasteiger partial charge in [0.05, 0.1) is 43.1 Å². The first-order valence-electron chi connectivity index (χ1n) is 9.73. The Kier molecular flexibility index (Phi) is 6.92. The highest BCUT2D eigenvalue weighted by Crippen LogP contribution is 2.37. The minimum atomic E-state index is -4.53. The number of hydrogen-bond acceptors (Lipinski definition) is 5. The number of quaternary nitrogens is 1. The normalized spacial score (nSPS) is 15.4. The molecule has 0 atom stereocenters. The van der Waals surface area contributed by atoms with Gasteiger partial charge in [-0.25, -0.2) is 4.79 Å². The number of esters is 1. The van der Waals surface area contributed by atoms with Crippen molar-refractivity contribution < 1.29 is 32.3 Å². The van der Waals surface area contributed by atoms with Gasteiger partial charge in [-0.05, 0) is 13.0 Å². The van der Waals surface area contributed by atoms with E-state index in [-0.39, 0.29) is 23.1 Å². The quantitative estimate of drug-likeness (QED) is 0.539. The van der Waals surface area contributed by atoms with Crippen LogP contribution in [0.2, 0.25) is 0 Å². The van der Waals surface area contributed by atoms with E-state index in [2.05, 4.69) is 10.3 Å². The van der Waals surface area contributed by atoms with Crippen molar-refractivity contribution in [2.75, 3.05) is 51.3 Å². The SMILES string of the molecule is CCOC(=O)c1cnc2c(C(F)(F)F)cccc2c1NCCC[NH+]1CCOCC1. The summed E-state index contributed by atoms with van der Waals surface area (Å²) in [6.07, 6.45) is -2.57. The molecule has 158 valence electrons. The first-order chi connectivity index (χ1) is 13.9. The van der Waals surface area contributed by atoms with Crippen LogP contribution in [-0.4, -0.2) is 57.0 Å². The molecule has 0 amide bonds. The molecule has 1 aliphatic rings. The van der Waals surface area contributed by atoms with Crippen LogP contribution in [-0.2, 0) is 15.7 Å². The molecule has 1 aromatic carbocycles. The van der Waals surface area contributed by atoms with Crippen LogP contribution < -0.4 is 10.2 Å². The molecule has 3 rings (SSSR count). The van der Waals surface area contributed by atoms with Crippen molar-refractivity contribution in [3.63, 3.8) is 0 Å². The van der Waals surface area contributed by atoms with Crippen LogP contribution in [0.4, 0.5) is 18.9 Å². The van der Waals surface area contributed by atoms with Gasteiger partial charge in [-0.3, -0.25) is 4.98 Å². The number of nitrogens with one attached hydrogen (secondary N) is 2. The van der Waals surface area contributed by atoms with Crippen LogP contribution in [0.1, 0.15) is 29.3 Å². The van der Waals surface area contributed by atoms with E-state index in [4.69, 9.17) is 9.47 Å². The Labute approximate surface area is 167 Å². The van der Waals surface area contributed by atoms with Gasteiger partial charge in [0.15, 0.2) is 0 Å². The summed E-state index contributed by atoms with van der Waals surface area (Å²) >= 11 is 0. The van der Waals surface area contributed by atoms with E-state index < -0.39 is 17.7 Å². The number of fused-ring (bicyclic) bond motifs is 1. The molecule has 29 heavy (non-hydrogen) atoms. The molecule has 2 heterocycles. The summed E-state index contributed by atoms with van der Waals surface area (Å²) in [6.45, 7) is 6.65. The number of carbonyl (C=O) groups is 1. The third kappa shape index (κ3) is 5.16. The number of carbonyl (C=O) groups excluding carboxylic acids is 1. The number of morpholine rings is 1. The molecule has 2 aromatic rings. The van der Waals surface area contributed by atoms with E-state index >= 15 is 0 Å². The summed E-state index contributed by atoms with van der Waals surface area (Å²) in [7, 11) is 0. The molecular formula is C20H25F3N3O3+. The summed E-state index contributed by atoms with van der Waals surface area (Å²) < 4.78 is 50.5. The predicted octanol–water partition coefficient (Wildman–Crippen LogP) is 2.15. The third-order valence-electron chi connectivity index (χ3n) is 4.91. The molecule has 0 aliphatic carbocycles. The molecule has 6 nitrogen and oxygen atoms in total.